The van der Waals surface area contributed by atoms with E-state index in [0.717, 1.165) is 40.8 Å². The van der Waals surface area contributed by atoms with Crippen molar-refractivity contribution in [2.75, 3.05) is 0 Å². The summed E-state index contributed by atoms with van der Waals surface area (Å²) < 4.78 is 2.36. The van der Waals surface area contributed by atoms with Crippen molar-refractivity contribution in [1.82, 2.24) is 4.57 Å². The standard InChI is InChI=1S/C27H19ClN2O2S/c28-22-11-4-3-10-20(22)25-21-13-12-17-7-1-2-9-19(17)24(21)29-27-30(25)26(32)23(33-27)15-16-6-5-8-18(31)14-16/h1-11,14-15,25,31H,12-13H2/b23-15+/t25-/m0/s1. The van der Waals surface area contributed by atoms with Gasteiger partial charge in [-0.2, -0.15) is 0 Å². The van der Waals surface area contributed by atoms with Crippen LogP contribution in [0.5, 0.6) is 5.75 Å². The summed E-state index contributed by atoms with van der Waals surface area (Å²) in [5, 5.41) is 10.5. The van der Waals surface area contributed by atoms with E-state index in [1.807, 2.05) is 42.5 Å². The van der Waals surface area contributed by atoms with Gasteiger partial charge >= 0.3 is 0 Å². The lowest BCUT2D eigenvalue weighted by molar-refractivity contribution is 0.475. The van der Waals surface area contributed by atoms with E-state index in [2.05, 4.69) is 18.2 Å². The maximum atomic E-state index is 13.7. The molecule has 0 unspecified atom stereocenters. The summed E-state index contributed by atoms with van der Waals surface area (Å²) in [6.45, 7) is 0. The number of nitrogens with zero attached hydrogens (tertiary/aromatic N) is 2. The third-order valence-electron chi connectivity index (χ3n) is 6.24. The van der Waals surface area contributed by atoms with Gasteiger partial charge in [0.1, 0.15) is 5.75 Å². The number of hydrogen-bond donors (Lipinski definition) is 1. The maximum absolute atomic E-state index is 13.7. The number of aryl methyl sites for hydroxylation is 1. The van der Waals surface area contributed by atoms with Gasteiger partial charge in [-0.3, -0.25) is 9.36 Å². The minimum absolute atomic E-state index is 0.0996. The molecule has 0 radical (unpaired) electrons. The van der Waals surface area contributed by atoms with E-state index in [1.165, 1.54) is 16.9 Å². The second-order valence-electron chi connectivity index (χ2n) is 8.23. The van der Waals surface area contributed by atoms with E-state index < -0.39 is 0 Å². The SMILES string of the molecule is O=c1/c(=C\c2cccc(O)c2)sc2n1[C@@H](c1ccccc1Cl)C1=C(N=2)c2ccccc2CC1. The molecule has 2 aliphatic rings. The Morgan fingerprint density at radius 1 is 1.03 bits per heavy atom. The number of phenols is 1. The van der Waals surface area contributed by atoms with Crippen molar-refractivity contribution >= 4 is 34.7 Å². The van der Waals surface area contributed by atoms with Crippen LogP contribution in [-0.4, -0.2) is 9.67 Å². The number of rotatable bonds is 2. The highest BCUT2D eigenvalue weighted by atomic mass is 35.5. The fourth-order valence-electron chi connectivity index (χ4n) is 4.76. The summed E-state index contributed by atoms with van der Waals surface area (Å²) in [6.07, 6.45) is 3.53. The molecule has 6 rings (SSSR count). The lowest BCUT2D eigenvalue weighted by Gasteiger charge is -2.31. The summed E-state index contributed by atoms with van der Waals surface area (Å²) in [5.74, 6) is 0.164. The lowest BCUT2D eigenvalue weighted by Crippen LogP contribution is -2.38. The number of aromatic nitrogens is 1. The molecule has 1 aliphatic heterocycles. The van der Waals surface area contributed by atoms with Crippen LogP contribution >= 0.6 is 22.9 Å². The molecule has 162 valence electrons. The minimum Gasteiger partial charge on any atom is -0.508 e. The van der Waals surface area contributed by atoms with E-state index in [9.17, 15) is 9.90 Å². The Labute approximate surface area is 199 Å². The average molecular weight is 471 g/mol. The van der Waals surface area contributed by atoms with Gasteiger partial charge in [-0.15, -0.1) is 0 Å². The van der Waals surface area contributed by atoms with Crippen LogP contribution in [0.2, 0.25) is 5.02 Å². The van der Waals surface area contributed by atoms with Gasteiger partial charge in [0.15, 0.2) is 4.80 Å². The Kier molecular flexibility index (Phi) is 4.82. The first-order valence-corrected chi connectivity index (χ1v) is 12.0. The summed E-state index contributed by atoms with van der Waals surface area (Å²) in [7, 11) is 0. The molecule has 0 saturated carbocycles. The molecule has 0 spiro atoms. The van der Waals surface area contributed by atoms with Gasteiger partial charge in [-0.1, -0.05) is 77.5 Å². The second kappa shape index (κ2) is 7.87. The Bertz CT molecular complexity index is 1630. The van der Waals surface area contributed by atoms with Crippen LogP contribution in [0.3, 0.4) is 0 Å². The Morgan fingerprint density at radius 2 is 1.85 bits per heavy atom. The van der Waals surface area contributed by atoms with Gasteiger partial charge in [0, 0.05) is 10.6 Å². The van der Waals surface area contributed by atoms with Crippen molar-refractivity contribution in [3.8, 4) is 5.75 Å². The smallest absolute Gasteiger partial charge is 0.271 e. The topological polar surface area (TPSA) is 54.6 Å². The Balaban J connectivity index is 1.65. The van der Waals surface area contributed by atoms with Crippen molar-refractivity contribution in [3.63, 3.8) is 0 Å². The summed E-state index contributed by atoms with van der Waals surface area (Å²) in [6, 6.07) is 22.7. The van der Waals surface area contributed by atoms with E-state index in [1.54, 1.807) is 22.8 Å². The first kappa shape index (κ1) is 20.2. The van der Waals surface area contributed by atoms with Crippen LogP contribution in [0.1, 0.15) is 34.7 Å². The van der Waals surface area contributed by atoms with Crippen LogP contribution in [0, 0.1) is 0 Å². The molecule has 6 heteroatoms. The first-order valence-electron chi connectivity index (χ1n) is 10.8. The molecular formula is C27H19ClN2O2S. The molecule has 0 fully saturated rings. The molecule has 1 N–H and O–H groups in total. The summed E-state index contributed by atoms with van der Waals surface area (Å²) >= 11 is 8.03. The van der Waals surface area contributed by atoms with E-state index in [4.69, 9.17) is 16.6 Å². The van der Waals surface area contributed by atoms with Gasteiger partial charge in [-0.05, 0) is 59.4 Å². The Hall–Kier alpha value is -3.41. The predicted octanol–water partition coefficient (Wildman–Crippen LogP) is 4.68. The van der Waals surface area contributed by atoms with E-state index >= 15 is 0 Å². The van der Waals surface area contributed by atoms with Crippen LogP contribution in [0.15, 0.2) is 88.2 Å². The minimum atomic E-state index is -0.301. The number of allylic oxidation sites excluding steroid dienone is 1. The fourth-order valence-corrected chi connectivity index (χ4v) is 6.00. The third-order valence-corrected chi connectivity index (χ3v) is 7.57. The van der Waals surface area contributed by atoms with E-state index in [0.29, 0.717) is 14.4 Å². The molecule has 0 bridgehead atoms. The predicted molar refractivity (Wildman–Crippen MR) is 132 cm³/mol. The zero-order valence-corrected chi connectivity index (χ0v) is 19.1. The Morgan fingerprint density at radius 3 is 2.70 bits per heavy atom. The average Bonchev–Trinajstić information content (AvgIpc) is 3.13. The molecule has 0 amide bonds. The van der Waals surface area contributed by atoms with Crippen LogP contribution in [0.4, 0.5) is 0 Å². The summed E-state index contributed by atoms with van der Waals surface area (Å²) in [5.41, 5.74) is 6.05. The number of phenolic OH excluding ortho intramolecular Hbond substituents is 1. The molecular weight excluding hydrogens is 452 g/mol. The van der Waals surface area contributed by atoms with Crippen LogP contribution in [0.25, 0.3) is 11.8 Å². The number of benzene rings is 3. The number of fused-ring (bicyclic) bond motifs is 3. The molecule has 3 aromatic carbocycles. The first-order chi connectivity index (χ1) is 16.1. The quantitative estimate of drug-likeness (QED) is 0.462. The molecule has 0 saturated heterocycles. The highest BCUT2D eigenvalue weighted by molar-refractivity contribution is 7.07. The normalized spacial score (nSPS) is 17.2. The fraction of sp³-hybridized carbons (Fsp3) is 0.111. The van der Waals surface area contributed by atoms with Crippen molar-refractivity contribution in [1.29, 1.82) is 0 Å². The molecule has 1 atom stereocenters. The van der Waals surface area contributed by atoms with Gasteiger partial charge in [-0.25, -0.2) is 4.99 Å². The molecule has 1 aliphatic carbocycles. The zero-order chi connectivity index (χ0) is 22.5. The zero-order valence-electron chi connectivity index (χ0n) is 17.5. The highest BCUT2D eigenvalue weighted by Gasteiger charge is 2.33. The van der Waals surface area contributed by atoms with E-state index in [-0.39, 0.29) is 17.4 Å². The third kappa shape index (κ3) is 3.36. The number of thiazole rings is 1. The monoisotopic (exact) mass is 470 g/mol. The second-order valence-corrected chi connectivity index (χ2v) is 9.65. The van der Waals surface area contributed by atoms with Gasteiger partial charge in [0.25, 0.3) is 5.56 Å². The molecule has 4 nitrogen and oxygen atoms in total. The molecule has 2 heterocycles. The maximum Gasteiger partial charge on any atom is 0.271 e. The lowest BCUT2D eigenvalue weighted by atomic mass is 9.83. The van der Waals surface area contributed by atoms with Gasteiger partial charge in [0.05, 0.1) is 16.3 Å². The van der Waals surface area contributed by atoms with Crippen molar-refractivity contribution < 1.29 is 5.11 Å². The highest BCUT2D eigenvalue weighted by Crippen LogP contribution is 2.42. The van der Waals surface area contributed by atoms with Gasteiger partial charge < -0.3 is 5.11 Å². The van der Waals surface area contributed by atoms with Gasteiger partial charge in [0.2, 0.25) is 0 Å². The van der Waals surface area contributed by atoms with Crippen LogP contribution < -0.4 is 14.9 Å². The number of hydrogen-bond acceptors (Lipinski definition) is 4. The summed E-state index contributed by atoms with van der Waals surface area (Å²) in [4.78, 5) is 19.3. The number of aromatic hydroxyl groups is 1. The van der Waals surface area contributed by atoms with Crippen molar-refractivity contribution in [2.45, 2.75) is 18.9 Å². The van der Waals surface area contributed by atoms with Crippen molar-refractivity contribution in [3.05, 3.63) is 125 Å². The van der Waals surface area contributed by atoms with Crippen molar-refractivity contribution in [2.24, 2.45) is 4.99 Å². The largest absolute Gasteiger partial charge is 0.508 e. The molecule has 1 aromatic heterocycles. The molecule has 33 heavy (non-hydrogen) atoms. The van der Waals surface area contributed by atoms with Crippen LogP contribution in [-0.2, 0) is 6.42 Å². The molecule has 4 aromatic rings. The number of halogens is 1.